The van der Waals surface area contributed by atoms with Gasteiger partial charge in [0.2, 0.25) is 0 Å². The number of ether oxygens (including phenoxy) is 1. The molecule has 7 heteroatoms. The number of cyclic esters (lactones) is 1. The lowest BCUT2D eigenvalue weighted by Crippen LogP contribution is -2.72. The first-order valence-electron chi connectivity index (χ1n) is 12.8. The predicted octanol–water partition coefficient (Wildman–Crippen LogP) is 2.51. The third-order valence-electron chi connectivity index (χ3n) is 11.1. The van der Waals surface area contributed by atoms with Gasteiger partial charge in [0.05, 0.1) is 11.5 Å². The number of ketones is 1. The van der Waals surface area contributed by atoms with Crippen LogP contribution in [0, 0.1) is 22.7 Å². The normalized spacial score (nSPS) is 49.0. The summed E-state index contributed by atoms with van der Waals surface area (Å²) in [6.07, 6.45) is 5.20. The summed E-state index contributed by atoms with van der Waals surface area (Å²) in [7, 11) is 0. The summed E-state index contributed by atoms with van der Waals surface area (Å²) in [4.78, 5) is 25.6. The van der Waals surface area contributed by atoms with Crippen molar-refractivity contribution in [2.75, 3.05) is 0 Å². The van der Waals surface area contributed by atoms with Gasteiger partial charge in [0.25, 0.3) is 0 Å². The molecule has 7 nitrogen and oxygen atoms in total. The number of esters is 1. The molecule has 0 spiro atoms. The number of carbonyl (C=O) groups is 2. The van der Waals surface area contributed by atoms with Gasteiger partial charge < -0.3 is 25.2 Å². The van der Waals surface area contributed by atoms with Crippen LogP contribution in [-0.4, -0.2) is 61.2 Å². The van der Waals surface area contributed by atoms with E-state index in [1.54, 1.807) is 20.8 Å². The van der Waals surface area contributed by atoms with Gasteiger partial charge in [0.1, 0.15) is 28.7 Å². The van der Waals surface area contributed by atoms with Crippen LogP contribution in [0.15, 0.2) is 34.9 Å². The molecule has 0 aromatic carbocycles. The molecule has 35 heavy (non-hydrogen) atoms. The van der Waals surface area contributed by atoms with Gasteiger partial charge in [-0.25, -0.2) is 4.79 Å². The van der Waals surface area contributed by atoms with Gasteiger partial charge in [-0.2, -0.15) is 0 Å². The van der Waals surface area contributed by atoms with E-state index in [0.29, 0.717) is 31.3 Å². The Morgan fingerprint density at radius 3 is 2.49 bits per heavy atom. The Morgan fingerprint density at radius 1 is 1.14 bits per heavy atom. The summed E-state index contributed by atoms with van der Waals surface area (Å²) in [6.45, 7) is 8.60. The molecule has 2 unspecified atom stereocenters. The van der Waals surface area contributed by atoms with Crippen molar-refractivity contribution < 1.29 is 34.8 Å². The predicted molar refractivity (Wildman–Crippen MR) is 128 cm³/mol. The van der Waals surface area contributed by atoms with E-state index in [2.05, 4.69) is 0 Å². The maximum atomic E-state index is 13.2. The Morgan fingerprint density at radius 2 is 1.83 bits per heavy atom. The number of carbonyl (C=O) groups excluding carboxylic acids is 2. The maximum absolute atomic E-state index is 13.2. The molecule has 0 aromatic rings. The molecule has 5 rings (SSSR count). The highest BCUT2D eigenvalue weighted by atomic mass is 16.6. The van der Waals surface area contributed by atoms with Gasteiger partial charge in [0.15, 0.2) is 0 Å². The molecule has 0 aromatic heterocycles. The molecule has 4 N–H and O–H groups in total. The second kappa shape index (κ2) is 7.37. The number of aliphatic hydroxyl groups excluding tert-OH is 1. The summed E-state index contributed by atoms with van der Waals surface area (Å²) in [5.41, 5.74) is -5.42. The lowest BCUT2D eigenvalue weighted by atomic mass is 9.44. The van der Waals surface area contributed by atoms with Gasteiger partial charge in [-0.3, -0.25) is 4.79 Å². The molecule has 0 saturated heterocycles. The molecule has 0 bridgehead atoms. The molecule has 9 atom stereocenters. The van der Waals surface area contributed by atoms with Gasteiger partial charge in [-0.05, 0) is 64.4 Å². The molecule has 192 valence electrons. The quantitative estimate of drug-likeness (QED) is 0.442. The van der Waals surface area contributed by atoms with Crippen LogP contribution in [0.2, 0.25) is 0 Å². The highest BCUT2D eigenvalue weighted by Gasteiger charge is 2.79. The number of Topliss-reactive ketones (excluding diaryl/α,β-unsaturated/α-hetero) is 1. The standard InChI is InChI=1S/C28H38O7/c1-15-13-22(35-23(31)16(15)2)26(5,32)27(33)14-21(30)28(34)19-10-9-17-7-6-8-20(29)25(17,4)18(19)11-12-24(27,28)3/h6-7,9,18-19,21-22,30,32-34H,8,10-14H2,1-5H3/t18?,19?,21-,22+,24+,25-,26-,27-,28-/m0/s1. The molecule has 4 aliphatic carbocycles. The highest BCUT2D eigenvalue weighted by Crippen LogP contribution is 2.70. The van der Waals surface area contributed by atoms with Gasteiger partial charge >= 0.3 is 5.97 Å². The van der Waals surface area contributed by atoms with Crippen LogP contribution in [0.5, 0.6) is 0 Å². The average molecular weight is 487 g/mol. The minimum atomic E-state index is -1.93. The summed E-state index contributed by atoms with van der Waals surface area (Å²) < 4.78 is 5.58. The molecule has 2 saturated carbocycles. The number of rotatable bonds is 2. The van der Waals surface area contributed by atoms with Crippen LogP contribution in [-0.2, 0) is 14.3 Å². The van der Waals surface area contributed by atoms with Gasteiger partial charge in [0, 0.05) is 30.3 Å². The molecular formula is C28H38O7. The highest BCUT2D eigenvalue weighted by molar-refractivity contribution is 5.92. The summed E-state index contributed by atoms with van der Waals surface area (Å²) in [5, 5.41) is 47.9. The second-order valence-corrected chi connectivity index (χ2v) is 12.3. The van der Waals surface area contributed by atoms with Crippen molar-refractivity contribution in [1.82, 2.24) is 0 Å². The van der Waals surface area contributed by atoms with Crippen molar-refractivity contribution in [2.45, 2.75) is 102 Å². The summed E-state index contributed by atoms with van der Waals surface area (Å²) in [5.74, 6) is -1.09. The van der Waals surface area contributed by atoms with Crippen LogP contribution in [0.1, 0.15) is 73.1 Å². The third-order valence-corrected chi connectivity index (χ3v) is 11.1. The molecule has 2 fully saturated rings. The minimum absolute atomic E-state index is 0.106. The van der Waals surface area contributed by atoms with Crippen molar-refractivity contribution in [3.05, 3.63) is 34.9 Å². The van der Waals surface area contributed by atoms with Crippen LogP contribution in [0.3, 0.4) is 0 Å². The van der Waals surface area contributed by atoms with Crippen molar-refractivity contribution in [3.63, 3.8) is 0 Å². The topological polar surface area (TPSA) is 124 Å². The lowest BCUT2D eigenvalue weighted by Gasteiger charge is -2.63. The van der Waals surface area contributed by atoms with Crippen LogP contribution < -0.4 is 0 Å². The Labute approximate surface area is 206 Å². The van der Waals surface area contributed by atoms with E-state index < -0.39 is 51.7 Å². The average Bonchev–Trinajstić information content (AvgIpc) is 2.96. The fraction of sp³-hybridized carbons (Fsp3) is 0.714. The summed E-state index contributed by atoms with van der Waals surface area (Å²) >= 11 is 0. The zero-order chi connectivity index (χ0) is 25.8. The first-order chi connectivity index (χ1) is 16.2. The van der Waals surface area contributed by atoms with E-state index in [1.165, 1.54) is 6.92 Å². The molecular weight excluding hydrogens is 448 g/mol. The Bertz CT molecular complexity index is 1080. The number of aliphatic hydroxyl groups is 4. The monoisotopic (exact) mass is 486 g/mol. The van der Waals surface area contributed by atoms with E-state index in [0.717, 1.165) is 11.1 Å². The van der Waals surface area contributed by atoms with E-state index in [-0.39, 0.29) is 24.5 Å². The Kier molecular flexibility index (Phi) is 5.24. The number of fused-ring (bicyclic) bond motifs is 5. The Balaban J connectivity index is 1.58. The minimum Gasteiger partial charge on any atom is -0.455 e. The number of allylic oxidation sites excluding steroid dienone is 4. The van der Waals surface area contributed by atoms with Crippen molar-refractivity contribution >= 4 is 11.8 Å². The Hall–Kier alpha value is -1.80. The van der Waals surface area contributed by atoms with Crippen molar-refractivity contribution in [2.24, 2.45) is 22.7 Å². The second-order valence-electron chi connectivity index (χ2n) is 12.3. The van der Waals surface area contributed by atoms with Crippen LogP contribution in [0.4, 0.5) is 0 Å². The summed E-state index contributed by atoms with van der Waals surface area (Å²) in [6, 6.07) is 0. The van der Waals surface area contributed by atoms with Crippen molar-refractivity contribution in [1.29, 1.82) is 0 Å². The molecule has 5 aliphatic rings. The number of hydrogen-bond acceptors (Lipinski definition) is 7. The molecule has 0 amide bonds. The van der Waals surface area contributed by atoms with Gasteiger partial charge in [-0.15, -0.1) is 0 Å². The molecule has 1 aliphatic heterocycles. The number of hydrogen-bond donors (Lipinski definition) is 4. The van der Waals surface area contributed by atoms with E-state index >= 15 is 0 Å². The van der Waals surface area contributed by atoms with E-state index in [1.807, 2.05) is 25.2 Å². The van der Waals surface area contributed by atoms with E-state index in [9.17, 15) is 30.0 Å². The SMILES string of the molecule is CC1=C(C)C(=O)O[C@@H]([C@](C)(O)[C@]2(O)C[C@H](O)[C@@]3(O)C4CC=C5C=CCC(=O)[C@]5(C)C4CC[C@]23C)C1. The third kappa shape index (κ3) is 2.76. The zero-order valence-electron chi connectivity index (χ0n) is 21.3. The van der Waals surface area contributed by atoms with Crippen LogP contribution in [0.25, 0.3) is 0 Å². The first kappa shape index (κ1) is 24.9. The molecule has 1 heterocycles. The molecule has 0 radical (unpaired) electrons. The van der Waals surface area contributed by atoms with E-state index in [4.69, 9.17) is 4.74 Å². The van der Waals surface area contributed by atoms with Gasteiger partial charge in [-0.1, -0.05) is 30.7 Å². The largest absolute Gasteiger partial charge is 0.455 e. The first-order valence-corrected chi connectivity index (χ1v) is 12.8. The fourth-order valence-electron chi connectivity index (χ4n) is 8.41. The maximum Gasteiger partial charge on any atom is 0.334 e. The van der Waals surface area contributed by atoms with Crippen LogP contribution >= 0.6 is 0 Å². The lowest BCUT2D eigenvalue weighted by molar-refractivity contribution is -0.283. The smallest absolute Gasteiger partial charge is 0.334 e. The van der Waals surface area contributed by atoms with Crippen molar-refractivity contribution in [3.8, 4) is 0 Å². The fourth-order valence-corrected chi connectivity index (χ4v) is 8.41. The zero-order valence-corrected chi connectivity index (χ0v) is 21.3.